The van der Waals surface area contributed by atoms with Crippen LogP contribution in [0.1, 0.15) is 30.6 Å². The van der Waals surface area contributed by atoms with Gasteiger partial charge in [0.25, 0.3) is 0 Å². The molecule has 1 aliphatic rings. The first-order chi connectivity index (χ1) is 11.9. The molecule has 3 rings (SSSR count). The van der Waals surface area contributed by atoms with Crippen LogP contribution in [0.2, 0.25) is 0 Å². The van der Waals surface area contributed by atoms with Crippen molar-refractivity contribution in [3.8, 4) is 0 Å². The van der Waals surface area contributed by atoms with E-state index in [4.69, 9.17) is 9.47 Å². The molecule has 0 radical (unpaired) electrons. The van der Waals surface area contributed by atoms with Gasteiger partial charge in [-0.05, 0) is 37.6 Å². The lowest BCUT2D eigenvalue weighted by Crippen LogP contribution is -2.23. The number of nitrogens with one attached hydrogen (secondary N) is 2. The van der Waals surface area contributed by atoms with E-state index in [0.29, 0.717) is 19.3 Å². The van der Waals surface area contributed by atoms with E-state index < -0.39 is 16.3 Å². The van der Waals surface area contributed by atoms with Crippen LogP contribution in [0.3, 0.4) is 0 Å². The molecule has 0 bridgehead atoms. The molecule has 1 fully saturated rings. The zero-order valence-electron chi connectivity index (χ0n) is 14.2. The minimum absolute atomic E-state index is 0.234. The highest BCUT2D eigenvalue weighted by Gasteiger charge is 2.23. The van der Waals surface area contributed by atoms with Gasteiger partial charge in [-0.1, -0.05) is 12.1 Å². The highest BCUT2D eigenvalue weighted by Crippen LogP contribution is 2.30. The SMILES string of the molecule is CC(C)Nc1cccc(CNS(=O)(=O)c2csc(C3OCCO3)c2)c1. The smallest absolute Gasteiger partial charge is 0.241 e. The monoisotopic (exact) mass is 382 g/mol. The summed E-state index contributed by atoms with van der Waals surface area (Å²) in [6, 6.07) is 9.64. The maximum Gasteiger partial charge on any atom is 0.241 e. The Morgan fingerprint density at radius 3 is 2.72 bits per heavy atom. The molecule has 8 heteroatoms. The molecular weight excluding hydrogens is 360 g/mol. The summed E-state index contributed by atoms with van der Waals surface area (Å²) in [6.45, 7) is 5.41. The largest absolute Gasteiger partial charge is 0.383 e. The Morgan fingerprint density at radius 1 is 1.24 bits per heavy atom. The fourth-order valence-electron chi connectivity index (χ4n) is 2.49. The van der Waals surface area contributed by atoms with Crippen LogP contribution >= 0.6 is 11.3 Å². The Labute approximate surface area is 152 Å². The molecular formula is C17H22N2O4S2. The van der Waals surface area contributed by atoms with Gasteiger partial charge in [-0.15, -0.1) is 11.3 Å². The molecule has 2 N–H and O–H groups in total. The van der Waals surface area contributed by atoms with E-state index in [1.807, 2.05) is 24.3 Å². The van der Waals surface area contributed by atoms with E-state index in [1.165, 1.54) is 11.3 Å². The van der Waals surface area contributed by atoms with Gasteiger partial charge in [0.2, 0.25) is 10.0 Å². The molecule has 0 spiro atoms. The van der Waals surface area contributed by atoms with Crippen LogP contribution in [0.25, 0.3) is 0 Å². The third kappa shape index (κ3) is 4.80. The highest BCUT2D eigenvalue weighted by molar-refractivity contribution is 7.89. The van der Waals surface area contributed by atoms with Crippen molar-refractivity contribution in [3.63, 3.8) is 0 Å². The van der Waals surface area contributed by atoms with Crippen molar-refractivity contribution in [1.29, 1.82) is 0 Å². The normalized spacial score (nSPS) is 15.8. The fraction of sp³-hybridized carbons (Fsp3) is 0.412. The Morgan fingerprint density at radius 2 is 2.00 bits per heavy atom. The standard InChI is InChI=1S/C17H22N2O4S2/c1-12(2)19-14-5-3-4-13(8-14)10-18-25(20,21)15-9-16(24-11-15)17-22-6-7-23-17/h3-5,8-9,11-12,17-19H,6-7,10H2,1-2H3. The molecule has 0 unspecified atom stereocenters. The maximum atomic E-state index is 12.5. The first-order valence-corrected chi connectivity index (χ1v) is 10.5. The van der Waals surface area contributed by atoms with Gasteiger partial charge in [0, 0.05) is 23.7 Å². The Balaban J connectivity index is 1.65. The molecule has 1 aliphatic heterocycles. The summed E-state index contributed by atoms with van der Waals surface area (Å²) in [5.74, 6) is 0. The molecule has 1 aromatic heterocycles. The number of sulfonamides is 1. The van der Waals surface area contributed by atoms with Gasteiger partial charge in [-0.25, -0.2) is 13.1 Å². The molecule has 1 aromatic carbocycles. The van der Waals surface area contributed by atoms with E-state index in [0.717, 1.165) is 16.1 Å². The lowest BCUT2D eigenvalue weighted by molar-refractivity contribution is -0.0414. The Bertz CT molecular complexity index is 812. The summed E-state index contributed by atoms with van der Waals surface area (Å²) in [6.07, 6.45) is -0.451. The molecule has 6 nitrogen and oxygen atoms in total. The van der Waals surface area contributed by atoms with E-state index in [1.54, 1.807) is 11.4 Å². The predicted octanol–water partition coefficient (Wildman–Crippen LogP) is 3.09. The van der Waals surface area contributed by atoms with E-state index >= 15 is 0 Å². The molecule has 0 aliphatic carbocycles. The van der Waals surface area contributed by atoms with Crippen LogP contribution in [-0.2, 0) is 26.0 Å². The van der Waals surface area contributed by atoms with Crippen LogP contribution in [0.5, 0.6) is 0 Å². The van der Waals surface area contributed by atoms with Gasteiger partial charge in [-0.3, -0.25) is 0 Å². The lowest BCUT2D eigenvalue weighted by Gasteiger charge is -2.11. The average molecular weight is 383 g/mol. The number of hydrogen-bond donors (Lipinski definition) is 2. The van der Waals surface area contributed by atoms with Crippen LogP contribution in [0.15, 0.2) is 40.6 Å². The molecule has 1 saturated heterocycles. The third-order valence-corrected chi connectivity index (χ3v) is 6.09. The molecule has 0 saturated carbocycles. The summed E-state index contributed by atoms with van der Waals surface area (Å²) in [4.78, 5) is 1.00. The fourth-order valence-corrected chi connectivity index (χ4v) is 4.78. The number of thiophene rings is 1. The van der Waals surface area contributed by atoms with E-state index in [2.05, 4.69) is 23.9 Å². The number of rotatable bonds is 7. The third-order valence-electron chi connectivity index (χ3n) is 3.61. The second-order valence-electron chi connectivity index (χ2n) is 6.08. The zero-order chi connectivity index (χ0) is 17.9. The maximum absolute atomic E-state index is 12.5. The highest BCUT2D eigenvalue weighted by atomic mass is 32.2. The number of anilines is 1. The van der Waals surface area contributed by atoms with Gasteiger partial charge >= 0.3 is 0 Å². The van der Waals surface area contributed by atoms with Crippen molar-refractivity contribution in [3.05, 3.63) is 46.2 Å². The minimum atomic E-state index is -3.57. The van der Waals surface area contributed by atoms with Gasteiger partial charge in [0.1, 0.15) is 0 Å². The van der Waals surface area contributed by atoms with Crippen LogP contribution < -0.4 is 10.0 Å². The first-order valence-electron chi connectivity index (χ1n) is 8.11. The summed E-state index contributed by atoms with van der Waals surface area (Å²) >= 11 is 1.33. The summed E-state index contributed by atoms with van der Waals surface area (Å²) < 4.78 is 38.4. The molecule has 2 heterocycles. The molecule has 136 valence electrons. The van der Waals surface area contributed by atoms with Crippen molar-refractivity contribution in [2.24, 2.45) is 0 Å². The summed E-state index contributed by atoms with van der Waals surface area (Å²) in [7, 11) is -3.57. The second-order valence-corrected chi connectivity index (χ2v) is 8.79. The molecule has 25 heavy (non-hydrogen) atoms. The van der Waals surface area contributed by atoms with Crippen LogP contribution in [-0.4, -0.2) is 27.7 Å². The Kier molecular flexibility index (Phi) is 5.75. The van der Waals surface area contributed by atoms with Crippen LogP contribution in [0, 0.1) is 0 Å². The van der Waals surface area contributed by atoms with E-state index in [9.17, 15) is 8.42 Å². The lowest BCUT2D eigenvalue weighted by atomic mass is 10.2. The average Bonchev–Trinajstić information content (AvgIpc) is 3.24. The Hall–Kier alpha value is -1.45. The summed E-state index contributed by atoms with van der Waals surface area (Å²) in [5.41, 5.74) is 1.87. The molecule has 0 amide bonds. The van der Waals surface area contributed by atoms with Crippen molar-refractivity contribution in [2.75, 3.05) is 18.5 Å². The second kappa shape index (κ2) is 7.84. The van der Waals surface area contributed by atoms with Gasteiger partial charge in [0.15, 0.2) is 6.29 Å². The predicted molar refractivity (Wildman–Crippen MR) is 98.2 cm³/mol. The number of ether oxygens (including phenoxy) is 2. The van der Waals surface area contributed by atoms with Crippen molar-refractivity contribution < 1.29 is 17.9 Å². The van der Waals surface area contributed by atoms with Gasteiger partial charge in [0.05, 0.1) is 23.0 Å². The van der Waals surface area contributed by atoms with Crippen LogP contribution in [0.4, 0.5) is 5.69 Å². The van der Waals surface area contributed by atoms with Gasteiger partial charge in [-0.2, -0.15) is 0 Å². The molecule has 0 atom stereocenters. The minimum Gasteiger partial charge on any atom is -0.383 e. The quantitative estimate of drug-likeness (QED) is 0.770. The zero-order valence-corrected chi connectivity index (χ0v) is 15.8. The number of benzene rings is 1. The number of hydrogen-bond acceptors (Lipinski definition) is 6. The first kappa shape index (κ1) is 18.3. The van der Waals surface area contributed by atoms with Crippen molar-refractivity contribution in [1.82, 2.24) is 4.72 Å². The topological polar surface area (TPSA) is 76.7 Å². The van der Waals surface area contributed by atoms with Crippen molar-refractivity contribution in [2.45, 2.75) is 37.6 Å². The van der Waals surface area contributed by atoms with Gasteiger partial charge < -0.3 is 14.8 Å². The van der Waals surface area contributed by atoms with E-state index in [-0.39, 0.29) is 11.4 Å². The summed E-state index contributed by atoms with van der Waals surface area (Å²) in [5, 5.41) is 4.92. The van der Waals surface area contributed by atoms with Crippen molar-refractivity contribution >= 4 is 27.0 Å². The molecule has 2 aromatic rings.